The van der Waals surface area contributed by atoms with E-state index in [2.05, 4.69) is 21.2 Å². The Morgan fingerprint density at radius 1 is 1.22 bits per heavy atom. The van der Waals surface area contributed by atoms with Gasteiger partial charge in [-0.25, -0.2) is 0 Å². The van der Waals surface area contributed by atoms with Crippen molar-refractivity contribution in [2.75, 3.05) is 11.9 Å². The first-order valence-corrected chi connectivity index (χ1v) is 6.21. The molecule has 0 atom stereocenters. The molecule has 0 aliphatic carbocycles. The van der Waals surface area contributed by atoms with Crippen molar-refractivity contribution in [3.8, 4) is 0 Å². The van der Waals surface area contributed by atoms with Crippen LogP contribution in [0.1, 0.15) is 25.8 Å². The predicted molar refractivity (Wildman–Crippen MR) is 68.5 cm³/mol. The first-order chi connectivity index (χ1) is 8.08. The summed E-state index contributed by atoms with van der Waals surface area (Å²) in [5.41, 5.74) is -1.17. The average molecular weight is 326 g/mol. The topological polar surface area (TPSA) is 32.3 Å². The van der Waals surface area contributed by atoms with Crippen LogP contribution in [0.25, 0.3) is 0 Å². The van der Waals surface area contributed by atoms with Crippen LogP contribution in [0.4, 0.5) is 18.9 Å². The van der Waals surface area contributed by atoms with E-state index < -0.39 is 17.3 Å². The summed E-state index contributed by atoms with van der Waals surface area (Å²) < 4.78 is 38.1. The van der Waals surface area contributed by atoms with Crippen LogP contribution in [-0.2, 0) is 6.18 Å². The van der Waals surface area contributed by atoms with Gasteiger partial charge in [0.1, 0.15) is 0 Å². The van der Waals surface area contributed by atoms with Crippen molar-refractivity contribution in [2.45, 2.75) is 32.0 Å². The number of nitrogens with one attached hydrogen (secondary N) is 1. The minimum Gasteiger partial charge on any atom is -0.390 e. The fourth-order valence-corrected chi connectivity index (χ4v) is 1.86. The predicted octanol–water partition coefficient (Wildman–Crippen LogP) is 4.04. The molecule has 0 saturated carbocycles. The molecule has 1 aromatic carbocycles. The number of benzene rings is 1. The molecule has 0 unspecified atom stereocenters. The molecule has 1 rings (SSSR count). The van der Waals surface area contributed by atoms with Gasteiger partial charge in [-0.3, -0.25) is 0 Å². The van der Waals surface area contributed by atoms with Crippen molar-refractivity contribution in [3.05, 3.63) is 28.2 Å². The van der Waals surface area contributed by atoms with Crippen LogP contribution in [0.3, 0.4) is 0 Å². The molecule has 1 aromatic rings. The largest absolute Gasteiger partial charge is 0.416 e. The van der Waals surface area contributed by atoms with Gasteiger partial charge in [-0.15, -0.1) is 0 Å². The van der Waals surface area contributed by atoms with E-state index in [1.807, 2.05) is 0 Å². The molecule has 0 aliphatic rings. The number of alkyl halides is 3. The second kappa shape index (κ2) is 5.48. The summed E-state index contributed by atoms with van der Waals surface area (Å²) >= 11 is 3.05. The standard InChI is InChI=1S/C12H15BrF3NO/c1-11(2,18)3-4-17-10-6-8(12(14,15)16)5-9(13)7-10/h5-7,17-18H,3-4H2,1-2H3. The zero-order chi connectivity index (χ0) is 14.0. The van der Waals surface area contributed by atoms with E-state index in [9.17, 15) is 18.3 Å². The lowest BCUT2D eigenvalue weighted by molar-refractivity contribution is -0.137. The zero-order valence-corrected chi connectivity index (χ0v) is 11.7. The molecule has 2 nitrogen and oxygen atoms in total. The van der Waals surface area contributed by atoms with Crippen molar-refractivity contribution in [3.63, 3.8) is 0 Å². The third kappa shape index (κ3) is 5.27. The highest BCUT2D eigenvalue weighted by atomic mass is 79.9. The molecule has 0 fully saturated rings. The Hall–Kier alpha value is -0.750. The Morgan fingerprint density at radius 2 is 1.83 bits per heavy atom. The fourth-order valence-electron chi connectivity index (χ4n) is 1.37. The summed E-state index contributed by atoms with van der Waals surface area (Å²) in [6.45, 7) is 3.70. The third-order valence-electron chi connectivity index (χ3n) is 2.29. The molecule has 0 heterocycles. The minimum absolute atomic E-state index is 0.364. The van der Waals surface area contributed by atoms with Gasteiger partial charge in [0.25, 0.3) is 0 Å². The molecule has 0 spiro atoms. The van der Waals surface area contributed by atoms with Crippen LogP contribution in [0.5, 0.6) is 0 Å². The Labute approximate surface area is 112 Å². The number of aliphatic hydroxyl groups is 1. The summed E-state index contributed by atoms with van der Waals surface area (Å²) in [6, 6.07) is 3.65. The first kappa shape index (κ1) is 15.3. The molecule has 102 valence electrons. The summed E-state index contributed by atoms with van der Waals surface area (Å²) in [4.78, 5) is 0. The maximum absolute atomic E-state index is 12.6. The van der Waals surface area contributed by atoms with Gasteiger partial charge in [-0.1, -0.05) is 15.9 Å². The minimum atomic E-state index is -4.36. The van der Waals surface area contributed by atoms with E-state index in [0.717, 1.165) is 12.1 Å². The Morgan fingerprint density at radius 3 is 2.33 bits per heavy atom. The van der Waals surface area contributed by atoms with Gasteiger partial charge < -0.3 is 10.4 Å². The van der Waals surface area contributed by atoms with E-state index >= 15 is 0 Å². The summed E-state index contributed by atoms with van der Waals surface area (Å²) in [7, 11) is 0. The molecule has 2 N–H and O–H groups in total. The van der Waals surface area contributed by atoms with Gasteiger partial charge in [-0.2, -0.15) is 13.2 Å². The normalized spacial score (nSPS) is 12.6. The van der Waals surface area contributed by atoms with Crippen LogP contribution in [0.2, 0.25) is 0 Å². The lowest BCUT2D eigenvalue weighted by Gasteiger charge is -2.18. The highest BCUT2D eigenvalue weighted by Gasteiger charge is 2.31. The zero-order valence-electron chi connectivity index (χ0n) is 10.1. The van der Waals surface area contributed by atoms with Crippen molar-refractivity contribution in [1.82, 2.24) is 0 Å². The second-order valence-corrected chi connectivity index (χ2v) is 5.63. The van der Waals surface area contributed by atoms with Crippen LogP contribution in [0, 0.1) is 0 Å². The van der Waals surface area contributed by atoms with E-state index in [1.165, 1.54) is 0 Å². The highest BCUT2D eigenvalue weighted by molar-refractivity contribution is 9.10. The van der Waals surface area contributed by atoms with E-state index in [-0.39, 0.29) is 0 Å². The van der Waals surface area contributed by atoms with Crippen LogP contribution in [0.15, 0.2) is 22.7 Å². The fraction of sp³-hybridized carbons (Fsp3) is 0.500. The van der Waals surface area contributed by atoms with Gasteiger partial charge in [-0.05, 0) is 38.5 Å². The first-order valence-electron chi connectivity index (χ1n) is 5.42. The summed E-state index contributed by atoms with van der Waals surface area (Å²) in [5.74, 6) is 0. The van der Waals surface area contributed by atoms with Crippen molar-refractivity contribution >= 4 is 21.6 Å². The Balaban J connectivity index is 2.75. The average Bonchev–Trinajstić information content (AvgIpc) is 2.13. The van der Waals surface area contributed by atoms with Gasteiger partial charge in [0.05, 0.1) is 11.2 Å². The van der Waals surface area contributed by atoms with Crippen molar-refractivity contribution < 1.29 is 18.3 Å². The summed E-state index contributed by atoms with van der Waals surface area (Å²) in [6.07, 6.45) is -3.92. The number of hydrogen-bond acceptors (Lipinski definition) is 2. The van der Waals surface area contributed by atoms with Gasteiger partial charge in [0, 0.05) is 16.7 Å². The lowest BCUT2D eigenvalue weighted by Crippen LogP contribution is -2.22. The monoisotopic (exact) mass is 325 g/mol. The second-order valence-electron chi connectivity index (χ2n) is 4.72. The number of rotatable bonds is 4. The van der Waals surface area contributed by atoms with Gasteiger partial charge in [0.2, 0.25) is 0 Å². The Kier molecular flexibility index (Phi) is 4.66. The molecule has 0 saturated heterocycles. The molecule has 0 amide bonds. The molecule has 0 aromatic heterocycles. The van der Waals surface area contributed by atoms with Crippen LogP contribution >= 0.6 is 15.9 Å². The highest BCUT2D eigenvalue weighted by Crippen LogP contribution is 2.33. The number of hydrogen-bond donors (Lipinski definition) is 2. The van der Waals surface area contributed by atoms with E-state index in [1.54, 1.807) is 19.9 Å². The van der Waals surface area contributed by atoms with Crippen LogP contribution in [-0.4, -0.2) is 17.3 Å². The molecular weight excluding hydrogens is 311 g/mol. The van der Waals surface area contributed by atoms with Gasteiger partial charge in [0.15, 0.2) is 0 Å². The third-order valence-corrected chi connectivity index (χ3v) is 2.75. The molecular formula is C12H15BrF3NO. The van der Waals surface area contributed by atoms with Crippen LogP contribution < -0.4 is 5.32 Å². The maximum Gasteiger partial charge on any atom is 0.416 e. The summed E-state index contributed by atoms with van der Waals surface area (Å²) in [5, 5.41) is 12.4. The molecule has 0 bridgehead atoms. The lowest BCUT2D eigenvalue weighted by atomic mass is 10.1. The maximum atomic E-state index is 12.6. The molecule has 0 aliphatic heterocycles. The van der Waals surface area contributed by atoms with Crippen molar-refractivity contribution in [2.24, 2.45) is 0 Å². The molecule has 18 heavy (non-hydrogen) atoms. The molecule has 6 heteroatoms. The smallest absolute Gasteiger partial charge is 0.390 e. The quantitative estimate of drug-likeness (QED) is 0.875. The number of halogens is 4. The molecule has 0 radical (unpaired) electrons. The van der Waals surface area contributed by atoms with Gasteiger partial charge >= 0.3 is 6.18 Å². The van der Waals surface area contributed by atoms with E-state index in [4.69, 9.17) is 0 Å². The Bertz CT molecular complexity index is 413. The number of anilines is 1. The van der Waals surface area contributed by atoms with Crippen molar-refractivity contribution in [1.29, 1.82) is 0 Å². The SMILES string of the molecule is CC(C)(O)CCNc1cc(Br)cc(C(F)(F)F)c1. The van der Waals surface area contributed by atoms with E-state index in [0.29, 0.717) is 23.1 Å².